The van der Waals surface area contributed by atoms with E-state index in [0.29, 0.717) is 0 Å². The largest absolute Gasteiger partial charge is 0.149 e. The quantitative estimate of drug-likeness (QED) is 0.414. The third-order valence-electron chi connectivity index (χ3n) is 0.732. The molecule has 6 heteroatoms. The van der Waals surface area contributed by atoms with Crippen LogP contribution in [0.2, 0.25) is 0 Å². The SMILES string of the molecule is CC(Br)(Br)C(Br)C(Br)(Br)Br. The highest BCUT2D eigenvalue weighted by Crippen LogP contribution is 2.50. The summed E-state index contributed by atoms with van der Waals surface area (Å²) in [6.07, 6.45) is 0. The van der Waals surface area contributed by atoms with Gasteiger partial charge in [-0.1, -0.05) is 95.6 Å². The maximum absolute atomic E-state index is 3.48. The van der Waals surface area contributed by atoms with Crippen molar-refractivity contribution in [1.82, 2.24) is 0 Å². The molecule has 0 spiro atoms. The third-order valence-corrected chi connectivity index (χ3v) is 7.70. The Balaban J connectivity index is 4.23. The van der Waals surface area contributed by atoms with E-state index in [1.807, 2.05) is 6.92 Å². The van der Waals surface area contributed by atoms with E-state index >= 15 is 0 Å². The second-order valence-electron chi connectivity index (χ2n) is 1.86. The highest BCUT2D eigenvalue weighted by atomic mass is 80.0. The maximum atomic E-state index is 3.48. The Hall–Kier alpha value is 2.88. The van der Waals surface area contributed by atoms with Gasteiger partial charge < -0.3 is 0 Å². The Morgan fingerprint density at radius 2 is 1.30 bits per heavy atom. The highest BCUT2D eigenvalue weighted by Gasteiger charge is 2.40. The summed E-state index contributed by atoms with van der Waals surface area (Å²) < 4.78 is -0.453. The van der Waals surface area contributed by atoms with Crippen LogP contribution in [0.1, 0.15) is 6.92 Å². The molecule has 0 N–H and O–H groups in total. The lowest BCUT2D eigenvalue weighted by Gasteiger charge is -2.28. The van der Waals surface area contributed by atoms with Gasteiger partial charge >= 0.3 is 0 Å². The Kier molecular flexibility index (Phi) is 5.67. The Morgan fingerprint density at radius 1 is 1.00 bits per heavy atom. The van der Waals surface area contributed by atoms with Gasteiger partial charge in [-0.05, 0) is 6.92 Å². The molecule has 0 aromatic heterocycles. The van der Waals surface area contributed by atoms with Crippen LogP contribution in [0.5, 0.6) is 0 Å². The highest BCUT2D eigenvalue weighted by molar-refractivity contribution is 9.40. The molecule has 0 aliphatic heterocycles. The Morgan fingerprint density at radius 3 is 1.30 bits per heavy atom. The molecule has 0 aliphatic rings. The van der Waals surface area contributed by atoms with Crippen molar-refractivity contribution in [1.29, 1.82) is 0 Å². The lowest BCUT2D eigenvalue weighted by Crippen LogP contribution is -2.31. The molecule has 0 heterocycles. The van der Waals surface area contributed by atoms with Gasteiger partial charge in [0.15, 0.2) is 0 Å². The molecular weight excluding hydrogens is 527 g/mol. The topological polar surface area (TPSA) is 0 Å². The number of alkyl halides is 6. The predicted molar refractivity (Wildman–Crippen MR) is 68.5 cm³/mol. The van der Waals surface area contributed by atoms with Crippen LogP contribution in [0.4, 0.5) is 0 Å². The first-order chi connectivity index (χ1) is 4.15. The molecule has 0 radical (unpaired) electrons. The molecule has 0 bridgehead atoms. The summed E-state index contributed by atoms with van der Waals surface area (Å²) in [5.74, 6) is 0. The minimum atomic E-state index is -0.297. The van der Waals surface area contributed by atoms with Gasteiger partial charge in [-0.2, -0.15) is 0 Å². The van der Waals surface area contributed by atoms with Gasteiger partial charge in [0.2, 0.25) is 0 Å². The molecule has 0 fully saturated rings. The fraction of sp³-hybridized carbons (Fsp3) is 1.00. The minimum absolute atomic E-state index is 0.156. The van der Waals surface area contributed by atoms with Gasteiger partial charge in [-0.3, -0.25) is 0 Å². The molecule has 0 aromatic rings. The van der Waals surface area contributed by atoms with Gasteiger partial charge in [-0.15, -0.1) is 0 Å². The van der Waals surface area contributed by atoms with Crippen LogP contribution >= 0.6 is 95.6 Å². The zero-order chi connectivity index (χ0) is 8.58. The molecule has 0 saturated carbocycles. The van der Waals surface area contributed by atoms with Crippen LogP contribution in [-0.4, -0.2) is 10.2 Å². The van der Waals surface area contributed by atoms with Crippen molar-refractivity contribution in [3.63, 3.8) is 0 Å². The van der Waals surface area contributed by atoms with E-state index in [1.54, 1.807) is 0 Å². The fourth-order valence-corrected chi connectivity index (χ4v) is 4.19. The Labute approximate surface area is 111 Å². The van der Waals surface area contributed by atoms with E-state index in [-0.39, 0.29) is 10.2 Å². The zero-order valence-electron chi connectivity index (χ0n) is 4.85. The van der Waals surface area contributed by atoms with Crippen molar-refractivity contribution in [3.05, 3.63) is 0 Å². The van der Waals surface area contributed by atoms with E-state index in [2.05, 4.69) is 95.6 Å². The number of rotatable bonds is 1. The average Bonchev–Trinajstić information content (AvgIpc) is 1.59. The molecule has 62 valence electrons. The summed E-state index contributed by atoms with van der Waals surface area (Å²) in [4.78, 5) is 0.160. The first-order valence-electron chi connectivity index (χ1n) is 2.24. The van der Waals surface area contributed by atoms with Crippen LogP contribution in [0.25, 0.3) is 0 Å². The summed E-state index contributed by atoms with van der Waals surface area (Å²) in [5, 5.41) is 0. The van der Waals surface area contributed by atoms with Crippen molar-refractivity contribution in [3.8, 4) is 0 Å². The first-order valence-corrected chi connectivity index (χ1v) is 7.12. The summed E-state index contributed by atoms with van der Waals surface area (Å²) >= 11 is 20.6. The van der Waals surface area contributed by atoms with Crippen molar-refractivity contribution < 1.29 is 0 Å². The van der Waals surface area contributed by atoms with Crippen LogP contribution in [0, 0.1) is 0 Å². The average molecular weight is 532 g/mol. The van der Waals surface area contributed by atoms with Crippen LogP contribution in [-0.2, 0) is 0 Å². The summed E-state index contributed by atoms with van der Waals surface area (Å²) in [6.45, 7) is 2.00. The lowest BCUT2D eigenvalue weighted by molar-refractivity contribution is 0.893. The summed E-state index contributed by atoms with van der Waals surface area (Å²) in [7, 11) is 0. The summed E-state index contributed by atoms with van der Waals surface area (Å²) in [5.41, 5.74) is 0. The normalized spacial score (nSPS) is 17.1. The van der Waals surface area contributed by atoms with Crippen LogP contribution in [0.3, 0.4) is 0 Å². The number of hydrogen-bond donors (Lipinski definition) is 0. The van der Waals surface area contributed by atoms with Crippen molar-refractivity contribution in [2.24, 2.45) is 0 Å². The van der Waals surface area contributed by atoms with Crippen molar-refractivity contribution in [2.75, 3.05) is 0 Å². The van der Waals surface area contributed by atoms with E-state index in [0.717, 1.165) is 0 Å². The van der Waals surface area contributed by atoms with Crippen molar-refractivity contribution >= 4 is 95.6 Å². The second-order valence-corrected chi connectivity index (χ2v) is 14.1. The van der Waals surface area contributed by atoms with Gasteiger partial charge in [0.1, 0.15) is 2.14 Å². The smallest absolute Gasteiger partial charge is 0.0832 e. The van der Waals surface area contributed by atoms with Gasteiger partial charge in [0, 0.05) is 0 Å². The molecule has 0 saturated heterocycles. The summed E-state index contributed by atoms with van der Waals surface area (Å²) in [6, 6.07) is 0. The minimum Gasteiger partial charge on any atom is -0.0832 e. The number of halogens is 6. The Bertz CT molecular complexity index is 93.9. The van der Waals surface area contributed by atoms with Crippen LogP contribution in [0.15, 0.2) is 0 Å². The molecular formula is C4H4Br6. The van der Waals surface area contributed by atoms with E-state index in [1.165, 1.54) is 0 Å². The molecule has 0 aromatic carbocycles. The maximum Gasteiger partial charge on any atom is 0.149 e. The molecule has 0 amide bonds. The molecule has 10 heavy (non-hydrogen) atoms. The molecule has 0 aliphatic carbocycles. The number of hydrogen-bond acceptors (Lipinski definition) is 0. The second kappa shape index (κ2) is 4.40. The zero-order valence-corrected chi connectivity index (χ0v) is 14.4. The van der Waals surface area contributed by atoms with Gasteiger partial charge in [0.25, 0.3) is 0 Å². The lowest BCUT2D eigenvalue weighted by atomic mass is 10.4. The molecule has 1 atom stereocenters. The standard InChI is InChI=1S/C4H4Br6/c1-3(6,7)2(5)4(8,9)10/h2H,1H3. The molecule has 0 nitrogen and oxygen atoms in total. The fourth-order valence-electron chi connectivity index (χ4n) is 0.287. The van der Waals surface area contributed by atoms with Crippen LogP contribution < -0.4 is 0 Å². The van der Waals surface area contributed by atoms with Gasteiger partial charge in [-0.25, -0.2) is 0 Å². The first kappa shape index (κ1) is 12.9. The third kappa shape index (κ3) is 4.80. The molecule has 0 rings (SSSR count). The van der Waals surface area contributed by atoms with Gasteiger partial charge in [0.05, 0.1) is 8.06 Å². The predicted octanol–water partition coefficient (Wildman–Crippen LogP) is 5.09. The van der Waals surface area contributed by atoms with E-state index < -0.39 is 0 Å². The van der Waals surface area contributed by atoms with Crippen molar-refractivity contribution in [2.45, 2.75) is 17.1 Å². The van der Waals surface area contributed by atoms with E-state index in [4.69, 9.17) is 0 Å². The molecule has 1 unspecified atom stereocenters. The van der Waals surface area contributed by atoms with E-state index in [9.17, 15) is 0 Å². The monoisotopic (exact) mass is 526 g/mol.